The second kappa shape index (κ2) is 7.08. The zero-order valence-electron chi connectivity index (χ0n) is 15.1. The number of nitrogens with zero attached hydrogens (tertiary/aromatic N) is 2. The number of rotatable bonds is 6. The van der Waals surface area contributed by atoms with Crippen LogP contribution in [0.25, 0.3) is 0 Å². The van der Waals surface area contributed by atoms with E-state index in [1.54, 1.807) is 0 Å². The predicted molar refractivity (Wildman–Crippen MR) is 97.3 cm³/mol. The largest absolute Gasteiger partial charge is 0.494 e. The molecule has 0 aliphatic carbocycles. The quantitative estimate of drug-likeness (QED) is 0.876. The Morgan fingerprint density at radius 1 is 1.40 bits per heavy atom. The third-order valence-electron chi connectivity index (χ3n) is 5.12. The number of benzene rings is 1. The van der Waals surface area contributed by atoms with Crippen molar-refractivity contribution in [1.82, 2.24) is 14.9 Å². The molecule has 0 radical (unpaired) electrons. The minimum absolute atomic E-state index is 0.247. The Labute approximate surface area is 149 Å². The lowest BCUT2D eigenvalue weighted by Gasteiger charge is -2.24. The topological polar surface area (TPSA) is 48.3 Å². The van der Waals surface area contributed by atoms with Crippen LogP contribution in [-0.4, -0.2) is 28.8 Å². The van der Waals surface area contributed by atoms with Gasteiger partial charge in [0, 0.05) is 55.5 Å². The maximum Gasteiger partial charge on any atom is 0.127 e. The van der Waals surface area contributed by atoms with Crippen LogP contribution in [0.4, 0.5) is 0 Å². The Bertz CT molecular complexity index is 741. The van der Waals surface area contributed by atoms with Crippen LogP contribution < -0.4 is 14.8 Å². The molecule has 4 rings (SSSR count). The molecular weight excluding hydrogens is 314 g/mol. The molecule has 0 fully saturated rings. The molecule has 1 N–H and O–H groups in total. The van der Waals surface area contributed by atoms with Crippen molar-refractivity contribution in [3.63, 3.8) is 0 Å². The van der Waals surface area contributed by atoms with Crippen LogP contribution in [0.1, 0.15) is 49.6 Å². The highest BCUT2D eigenvalue weighted by molar-refractivity contribution is 5.49. The lowest BCUT2D eigenvalue weighted by molar-refractivity contribution is 0.252. The van der Waals surface area contributed by atoms with Gasteiger partial charge in [-0.15, -0.1) is 0 Å². The molecule has 2 aromatic rings. The molecule has 0 spiro atoms. The average Bonchev–Trinajstić information content (AvgIpc) is 3.21. The standard InChI is InChI=1S/C20H27N3O2/c1-3-24-18-10-16-9-14(2)25-19(16)17(11-18)13-21-12-15-5-4-7-23-8-6-22-20(15)23/h6,8,10-11,14-15,21H,3-5,7,9,12-13H2,1-2H3/t14-,15-/m0/s1. The number of aryl methyl sites for hydroxylation is 1. The van der Waals surface area contributed by atoms with Gasteiger partial charge in [0.2, 0.25) is 0 Å². The summed E-state index contributed by atoms with van der Waals surface area (Å²) >= 11 is 0. The van der Waals surface area contributed by atoms with Gasteiger partial charge in [0.15, 0.2) is 0 Å². The molecule has 2 aliphatic heterocycles. The maximum atomic E-state index is 6.05. The predicted octanol–water partition coefficient (Wildman–Crippen LogP) is 3.27. The van der Waals surface area contributed by atoms with E-state index in [4.69, 9.17) is 9.47 Å². The molecule has 5 nitrogen and oxygen atoms in total. The van der Waals surface area contributed by atoms with Gasteiger partial charge in [-0.3, -0.25) is 0 Å². The number of ether oxygens (including phenoxy) is 2. The van der Waals surface area contributed by atoms with Gasteiger partial charge in [-0.05, 0) is 38.8 Å². The molecule has 1 aromatic carbocycles. The number of fused-ring (bicyclic) bond motifs is 2. The molecule has 25 heavy (non-hydrogen) atoms. The highest BCUT2D eigenvalue weighted by Gasteiger charge is 2.24. The van der Waals surface area contributed by atoms with E-state index in [2.05, 4.69) is 40.1 Å². The lowest BCUT2D eigenvalue weighted by atomic mass is 9.98. The smallest absolute Gasteiger partial charge is 0.127 e. The van der Waals surface area contributed by atoms with Gasteiger partial charge < -0.3 is 19.4 Å². The van der Waals surface area contributed by atoms with Crippen molar-refractivity contribution in [2.45, 2.75) is 58.2 Å². The van der Waals surface area contributed by atoms with Crippen LogP contribution in [-0.2, 0) is 19.5 Å². The number of hydrogen-bond donors (Lipinski definition) is 1. The van der Waals surface area contributed by atoms with Crippen molar-refractivity contribution < 1.29 is 9.47 Å². The van der Waals surface area contributed by atoms with Gasteiger partial charge in [-0.1, -0.05) is 0 Å². The molecule has 134 valence electrons. The van der Waals surface area contributed by atoms with Crippen molar-refractivity contribution in [2.24, 2.45) is 0 Å². The fraction of sp³-hybridized carbons (Fsp3) is 0.550. The molecule has 0 saturated heterocycles. The van der Waals surface area contributed by atoms with Crippen molar-refractivity contribution in [3.05, 3.63) is 41.5 Å². The van der Waals surface area contributed by atoms with Gasteiger partial charge in [0.25, 0.3) is 0 Å². The Morgan fingerprint density at radius 2 is 2.32 bits per heavy atom. The number of aromatic nitrogens is 2. The average molecular weight is 341 g/mol. The van der Waals surface area contributed by atoms with Crippen molar-refractivity contribution >= 4 is 0 Å². The summed E-state index contributed by atoms with van der Waals surface area (Å²) in [6.07, 6.45) is 7.65. The van der Waals surface area contributed by atoms with Crippen LogP contribution in [0.5, 0.6) is 11.5 Å². The fourth-order valence-corrected chi connectivity index (χ4v) is 4.04. The van der Waals surface area contributed by atoms with E-state index >= 15 is 0 Å². The summed E-state index contributed by atoms with van der Waals surface area (Å²) in [5, 5.41) is 3.63. The van der Waals surface area contributed by atoms with E-state index in [0.29, 0.717) is 12.5 Å². The Morgan fingerprint density at radius 3 is 3.20 bits per heavy atom. The molecule has 0 unspecified atom stereocenters. The first kappa shape index (κ1) is 16.5. The third-order valence-corrected chi connectivity index (χ3v) is 5.12. The molecule has 0 amide bonds. The molecule has 1 aromatic heterocycles. The molecule has 0 saturated carbocycles. The monoisotopic (exact) mass is 341 g/mol. The van der Waals surface area contributed by atoms with Crippen LogP contribution in [0, 0.1) is 0 Å². The number of nitrogens with one attached hydrogen (secondary N) is 1. The summed E-state index contributed by atoms with van der Waals surface area (Å²) < 4.78 is 14.1. The van der Waals surface area contributed by atoms with Crippen LogP contribution in [0.3, 0.4) is 0 Å². The Hall–Kier alpha value is -2.01. The number of hydrogen-bond acceptors (Lipinski definition) is 4. The van der Waals surface area contributed by atoms with Gasteiger partial charge in [0.1, 0.15) is 23.4 Å². The van der Waals surface area contributed by atoms with Gasteiger partial charge >= 0.3 is 0 Å². The summed E-state index contributed by atoms with van der Waals surface area (Å²) in [5.74, 6) is 3.71. The van der Waals surface area contributed by atoms with E-state index < -0.39 is 0 Å². The van der Waals surface area contributed by atoms with Gasteiger partial charge in [-0.25, -0.2) is 4.98 Å². The zero-order chi connectivity index (χ0) is 17.2. The summed E-state index contributed by atoms with van der Waals surface area (Å²) in [6.45, 7) is 7.68. The van der Waals surface area contributed by atoms with E-state index in [9.17, 15) is 0 Å². The molecule has 3 heterocycles. The second-order valence-electron chi connectivity index (χ2n) is 7.09. The highest BCUT2D eigenvalue weighted by atomic mass is 16.5. The molecule has 0 bridgehead atoms. The summed E-state index contributed by atoms with van der Waals surface area (Å²) in [6, 6.07) is 4.25. The van der Waals surface area contributed by atoms with Crippen molar-refractivity contribution in [1.29, 1.82) is 0 Å². The minimum atomic E-state index is 0.247. The first-order chi connectivity index (χ1) is 12.2. The SMILES string of the molecule is CCOc1cc(CNC[C@@H]2CCCn3ccnc32)c2c(c1)C[C@H](C)O2. The molecule has 5 heteroatoms. The second-order valence-corrected chi connectivity index (χ2v) is 7.09. The number of imidazole rings is 1. The summed E-state index contributed by atoms with van der Waals surface area (Å²) in [5.41, 5.74) is 2.47. The van der Waals surface area contributed by atoms with Crippen LogP contribution >= 0.6 is 0 Å². The minimum Gasteiger partial charge on any atom is -0.494 e. The molecule has 2 aliphatic rings. The van der Waals surface area contributed by atoms with Crippen molar-refractivity contribution in [2.75, 3.05) is 13.2 Å². The maximum absolute atomic E-state index is 6.05. The Balaban J connectivity index is 1.45. The van der Waals surface area contributed by atoms with E-state index in [-0.39, 0.29) is 6.10 Å². The third kappa shape index (κ3) is 3.38. The normalized spacial score (nSPS) is 21.5. The fourth-order valence-electron chi connectivity index (χ4n) is 4.04. The zero-order valence-corrected chi connectivity index (χ0v) is 15.1. The van der Waals surface area contributed by atoms with Crippen LogP contribution in [0.15, 0.2) is 24.5 Å². The Kier molecular flexibility index (Phi) is 4.66. The van der Waals surface area contributed by atoms with Crippen LogP contribution in [0.2, 0.25) is 0 Å². The van der Waals surface area contributed by atoms with E-state index in [1.807, 2.05) is 13.1 Å². The lowest BCUT2D eigenvalue weighted by Crippen LogP contribution is -2.26. The summed E-state index contributed by atoms with van der Waals surface area (Å²) in [7, 11) is 0. The highest BCUT2D eigenvalue weighted by Crippen LogP contribution is 2.36. The van der Waals surface area contributed by atoms with Crippen molar-refractivity contribution in [3.8, 4) is 11.5 Å². The van der Waals surface area contributed by atoms with E-state index in [1.165, 1.54) is 29.8 Å². The molecular formula is C20H27N3O2. The van der Waals surface area contributed by atoms with E-state index in [0.717, 1.165) is 37.6 Å². The molecule has 2 atom stereocenters. The first-order valence-electron chi connectivity index (χ1n) is 9.41. The first-order valence-corrected chi connectivity index (χ1v) is 9.41. The summed E-state index contributed by atoms with van der Waals surface area (Å²) in [4.78, 5) is 4.55. The van der Waals surface area contributed by atoms with Gasteiger partial charge in [-0.2, -0.15) is 0 Å². The van der Waals surface area contributed by atoms with Gasteiger partial charge in [0.05, 0.1) is 6.61 Å².